The molecule has 0 amide bonds. The Bertz CT molecular complexity index is 1270. The van der Waals surface area contributed by atoms with Gasteiger partial charge < -0.3 is 9.47 Å². The van der Waals surface area contributed by atoms with Crippen LogP contribution in [0.25, 0.3) is 16.9 Å². The third-order valence-corrected chi connectivity index (χ3v) is 5.72. The lowest BCUT2D eigenvalue weighted by Crippen LogP contribution is -2.15. The molecule has 0 radical (unpaired) electrons. The van der Waals surface area contributed by atoms with E-state index >= 15 is 0 Å². The van der Waals surface area contributed by atoms with E-state index in [9.17, 15) is 23.2 Å². The van der Waals surface area contributed by atoms with Gasteiger partial charge in [-0.2, -0.15) is 19.1 Å². The van der Waals surface area contributed by atoms with E-state index in [4.69, 9.17) is 4.74 Å². The molecule has 1 saturated carbocycles. The van der Waals surface area contributed by atoms with Gasteiger partial charge in [-0.3, -0.25) is 4.79 Å². The number of ketones is 1. The Morgan fingerprint density at radius 2 is 2.00 bits per heavy atom. The smallest absolute Gasteiger partial charge is 0.387 e. The van der Waals surface area contributed by atoms with Crippen LogP contribution in [0.15, 0.2) is 30.6 Å². The van der Waals surface area contributed by atoms with E-state index in [0.29, 0.717) is 22.5 Å². The molecule has 172 valence electrons. The first-order chi connectivity index (χ1) is 15.6. The number of hydrogen-bond donors (Lipinski definition) is 0. The number of methoxy groups -OCH3 is 1. The summed E-state index contributed by atoms with van der Waals surface area (Å²) in [4.78, 5) is 17.1. The van der Waals surface area contributed by atoms with Crippen LogP contribution in [0.3, 0.4) is 0 Å². The van der Waals surface area contributed by atoms with E-state index in [0.717, 1.165) is 0 Å². The second kappa shape index (κ2) is 8.39. The van der Waals surface area contributed by atoms with Crippen molar-refractivity contribution in [2.75, 3.05) is 7.11 Å². The van der Waals surface area contributed by atoms with Crippen molar-refractivity contribution < 1.29 is 27.4 Å². The highest BCUT2D eigenvalue weighted by atomic mass is 19.3. The maximum atomic E-state index is 13.3. The lowest BCUT2D eigenvalue weighted by molar-refractivity contribution is -0.0502. The fourth-order valence-electron chi connectivity index (χ4n) is 3.60. The van der Waals surface area contributed by atoms with Gasteiger partial charge in [0.25, 0.3) is 0 Å². The Kier molecular flexibility index (Phi) is 5.74. The number of rotatable bonds is 8. The number of Topliss-reactive ketones (excluding diaryl/α,β-unsaturated/α-hetero) is 1. The Hall–Kier alpha value is -3.61. The summed E-state index contributed by atoms with van der Waals surface area (Å²) in [5.74, 6) is -1.28. The summed E-state index contributed by atoms with van der Waals surface area (Å²) >= 11 is 0. The molecule has 2 aromatic heterocycles. The van der Waals surface area contributed by atoms with Gasteiger partial charge in [0, 0.05) is 17.9 Å². The molecular formula is C23H21F3N4O3. The lowest BCUT2D eigenvalue weighted by atomic mass is 9.88. The quantitative estimate of drug-likeness (QED) is 0.453. The molecule has 0 aliphatic heterocycles. The second-order valence-electron chi connectivity index (χ2n) is 8.46. The summed E-state index contributed by atoms with van der Waals surface area (Å²) in [5.41, 5.74) is 1.00. The number of halogens is 3. The predicted octanol–water partition coefficient (Wildman–Crippen LogP) is 4.74. The van der Waals surface area contributed by atoms with Crippen LogP contribution < -0.4 is 9.47 Å². The van der Waals surface area contributed by atoms with E-state index in [1.807, 2.05) is 0 Å². The summed E-state index contributed by atoms with van der Waals surface area (Å²) in [6.07, 6.45) is 2.13. The third kappa shape index (κ3) is 4.35. The van der Waals surface area contributed by atoms with E-state index in [2.05, 4.69) is 20.9 Å². The van der Waals surface area contributed by atoms with Crippen LogP contribution in [0.5, 0.6) is 11.5 Å². The second-order valence-corrected chi connectivity index (χ2v) is 8.46. The molecule has 7 nitrogen and oxygen atoms in total. The van der Waals surface area contributed by atoms with Gasteiger partial charge in [-0.05, 0) is 44.0 Å². The minimum absolute atomic E-state index is 0.0291. The van der Waals surface area contributed by atoms with Crippen LogP contribution in [-0.2, 0) is 5.41 Å². The zero-order chi connectivity index (χ0) is 23.9. The molecule has 0 bridgehead atoms. The minimum atomic E-state index is -3.18. The largest absolute Gasteiger partial charge is 0.496 e. The highest BCUT2D eigenvalue weighted by Gasteiger charge is 2.40. The number of nitriles is 1. The number of carbonyl (C=O) groups excluding carboxylic acids is 1. The van der Waals surface area contributed by atoms with Crippen LogP contribution in [0.1, 0.15) is 42.6 Å². The summed E-state index contributed by atoms with van der Waals surface area (Å²) in [7, 11) is 1.31. The predicted molar refractivity (Wildman–Crippen MR) is 112 cm³/mol. The molecule has 1 aliphatic rings. The first kappa shape index (κ1) is 22.6. The van der Waals surface area contributed by atoms with Gasteiger partial charge in [-0.25, -0.2) is 13.9 Å². The van der Waals surface area contributed by atoms with Gasteiger partial charge in [-0.1, -0.05) is 0 Å². The first-order valence-electron chi connectivity index (χ1n) is 10.2. The monoisotopic (exact) mass is 458 g/mol. The normalized spacial score (nSPS) is 17.8. The zero-order valence-corrected chi connectivity index (χ0v) is 18.2. The van der Waals surface area contributed by atoms with Crippen LogP contribution in [0, 0.1) is 17.2 Å². The van der Waals surface area contributed by atoms with Gasteiger partial charge in [0.05, 0.1) is 36.7 Å². The number of fused-ring (bicyclic) bond motifs is 1. The third-order valence-electron chi connectivity index (χ3n) is 5.72. The Balaban J connectivity index is 1.80. The first-order valence-corrected chi connectivity index (χ1v) is 10.2. The van der Waals surface area contributed by atoms with Crippen molar-refractivity contribution in [3.05, 3.63) is 41.7 Å². The van der Waals surface area contributed by atoms with Crippen molar-refractivity contribution in [1.82, 2.24) is 14.6 Å². The highest BCUT2D eigenvalue weighted by molar-refractivity contribution is 6.02. The number of nitrogens with zero attached hydrogens (tertiary/aromatic N) is 4. The molecule has 1 fully saturated rings. The van der Waals surface area contributed by atoms with Crippen LogP contribution >= 0.6 is 0 Å². The summed E-state index contributed by atoms with van der Waals surface area (Å²) in [5, 5.41) is 13.7. The molecular weight excluding hydrogens is 437 g/mol. The van der Waals surface area contributed by atoms with Crippen molar-refractivity contribution >= 4 is 11.4 Å². The molecule has 3 aromatic rings. The molecule has 33 heavy (non-hydrogen) atoms. The minimum Gasteiger partial charge on any atom is -0.496 e. The molecule has 1 aliphatic carbocycles. The van der Waals surface area contributed by atoms with Crippen molar-refractivity contribution in [2.45, 2.75) is 44.9 Å². The molecule has 0 N–H and O–H groups in total. The van der Waals surface area contributed by atoms with Gasteiger partial charge in [0.1, 0.15) is 23.2 Å². The van der Waals surface area contributed by atoms with Crippen LogP contribution in [-0.4, -0.2) is 40.3 Å². The number of alkyl halides is 3. The lowest BCUT2D eigenvalue weighted by Gasteiger charge is -2.16. The van der Waals surface area contributed by atoms with Crippen molar-refractivity contribution in [1.29, 1.82) is 5.26 Å². The number of carbonyl (C=O) groups is 1. The Morgan fingerprint density at radius 3 is 2.61 bits per heavy atom. The van der Waals surface area contributed by atoms with Gasteiger partial charge in [0.15, 0.2) is 11.4 Å². The van der Waals surface area contributed by atoms with E-state index in [-0.39, 0.29) is 29.9 Å². The molecule has 0 saturated heterocycles. The summed E-state index contributed by atoms with van der Waals surface area (Å²) in [6, 6.07) is 6.71. The van der Waals surface area contributed by atoms with Gasteiger partial charge in [0.2, 0.25) is 0 Å². The van der Waals surface area contributed by atoms with Crippen molar-refractivity contribution in [2.24, 2.45) is 5.92 Å². The van der Waals surface area contributed by atoms with E-state index in [1.165, 1.54) is 36.2 Å². The number of ether oxygens (including phenoxy) is 2. The summed E-state index contributed by atoms with van der Waals surface area (Å²) in [6.45, 7) is 0.333. The topological polar surface area (TPSA) is 89.5 Å². The van der Waals surface area contributed by atoms with Gasteiger partial charge >= 0.3 is 6.61 Å². The molecule has 0 unspecified atom stereocenters. The van der Waals surface area contributed by atoms with Crippen molar-refractivity contribution in [3.8, 4) is 28.8 Å². The average Bonchev–Trinajstić information content (AvgIpc) is 3.30. The number of benzene rings is 1. The average molecular weight is 458 g/mol. The maximum absolute atomic E-state index is 13.3. The summed E-state index contributed by atoms with van der Waals surface area (Å²) < 4.78 is 51.1. The maximum Gasteiger partial charge on any atom is 0.387 e. The molecule has 10 heteroatoms. The number of aromatic nitrogens is 3. The van der Waals surface area contributed by atoms with Crippen LogP contribution in [0.2, 0.25) is 0 Å². The molecule has 2 heterocycles. The van der Waals surface area contributed by atoms with E-state index in [1.54, 1.807) is 19.9 Å². The zero-order valence-electron chi connectivity index (χ0n) is 18.2. The Labute approximate surface area is 187 Å². The molecule has 4 rings (SSSR count). The van der Waals surface area contributed by atoms with E-state index < -0.39 is 29.9 Å². The number of hydrogen-bond acceptors (Lipinski definition) is 6. The standard InChI is InChI=1S/C23H21F3N4O3/c1-23(2,11-27)14-8-20-28-10-16(30(20)29-9-14)13-6-18(32-3)21(19(7-13)33-22(25)26)17(31)5-12-4-15(12)24/h6-10,12,15,22H,4-5H2,1-3H3/t12-,15-/m0/s1. The molecule has 1 aromatic carbocycles. The Morgan fingerprint density at radius 1 is 1.30 bits per heavy atom. The number of imidazole rings is 1. The fraction of sp³-hybridized carbons (Fsp3) is 0.391. The van der Waals surface area contributed by atoms with Crippen molar-refractivity contribution in [3.63, 3.8) is 0 Å². The fourth-order valence-corrected chi connectivity index (χ4v) is 3.60. The highest BCUT2D eigenvalue weighted by Crippen LogP contribution is 2.42. The molecule has 0 spiro atoms. The molecule has 2 atom stereocenters. The SMILES string of the molecule is COc1cc(-c2cnc3cc(C(C)(C)C#N)cnn23)cc(OC(F)F)c1C(=O)C[C@@H]1C[C@@H]1F. The van der Waals surface area contributed by atoms with Crippen LogP contribution in [0.4, 0.5) is 13.2 Å². The van der Waals surface area contributed by atoms with Gasteiger partial charge in [-0.15, -0.1) is 0 Å².